The van der Waals surface area contributed by atoms with Gasteiger partial charge in [-0.2, -0.15) is 0 Å². The molecule has 0 bridgehead atoms. The van der Waals surface area contributed by atoms with Crippen molar-refractivity contribution < 1.29 is 9.90 Å². The van der Waals surface area contributed by atoms with E-state index < -0.39 is 5.97 Å². The SMILES string of the molecule is CC(C)CCSc1cc(Br)cc(C(=O)O)c1. The molecule has 1 N–H and O–H groups in total. The highest BCUT2D eigenvalue weighted by Crippen LogP contribution is 2.25. The molecule has 0 amide bonds. The Balaban J connectivity index is 2.69. The predicted octanol–water partition coefficient (Wildman–Crippen LogP) is 4.29. The minimum atomic E-state index is -0.882. The largest absolute Gasteiger partial charge is 0.478 e. The van der Waals surface area contributed by atoms with Crippen molar-refractivity contribution in [2.24, 2.45) is 5.92 Å². The van der Waals surface area contributed by atoms with Crippen LogP contribution >= 0.6 is 27.7 Å². The molecule has 1 aromatic carbocycles. The van der Waals surface area contributed by atoms with E-state index in [-0.39, 0.29) is 0 Å². The zero-order valence-corrected chi connectivity index (χ0v) is 11.8. The first-order valence-electron chi connectivity index (χ1n) is 5.15. The summed E-state index contributed by atoms with van der Waals surface area (Å²) in [5.41, 5.74) is 0.335. The highest BCUT2D eigenvalue weighted by molar-refractivity contribution is 9.10. The smallest absolute Gasteiger partial charge is 0.335 e. The van der Waals surface area contributed by atoms with Crippen LogP contribution in [-0.2, 0) is 0 Å². The normalized spacial score (nSPS) is 10.8. The maximum atomic E-state index is 10.9. The van der Waals surface area contributed by atoms with Crippen molar-refractivity contribution in [2.75, 3.05) is 5.75 Å². The molecule has 0 saturated heterocycles. The fourth-order valence-corrected chi connectivity index (χ4v) is 3.07. The summed E-state index contributed by atoms with van der Waals surface area (Å²) in [5, 5.41) is 8.92. The highest BCUT2D eigenvalue weighted by Gasteiger charge is 2.06. The summed E-state index contributed by atoms with van der Waals surface area (Å²) in [4.78, 5) is 11.9. The molecule has 4 heteroatoms. The maximum absolute atomic E-state index is 10.9. The second-order valence-corrected chi connectivity index (χ2v) is 6.10. The Labute approximate surface area is 109 Å². The van der Waals surface area contributed by atoms with Crippen LogP contribution in [0.15, 0.2) is 27.6 Å². The Morgan fingerprint density at radius 2 is 2.12 bits per heavy atom. The second kappa shape index (κ2) is 6.30. The van der Waals surface area contributed by atoms with Crippen molar-refractivity contribution in [2.45, 2.75) is 25.2 Å². The monoisotopic (exact) mass is 302 g/mol. The van der Waals surface area contributed by atoms with Crippen molar-refractivity contribution in [1.82, 2.24) is 0 Å². The maximum Gasteiger partial charge on any atom is 0.335 e. The van der Waals surface area contributed by atoms with Crippen LogP contribution in [-0.4, -0.2) is 16.8 Å². The van der Waals surface area contributed by atoms with Gasteiger partial charge in [0.05, 0.1) is 5.56 Å². The highest BCUT2D eigenvalue weighted by atomic mass is 79.9. The number of hydrogen-bond donors (Lipinski definition) is 1. The third kappa shape index (κ3) is 4.58. The van der Waals surface area contributed by atoms with Crippen LogP contribution in [0.4, 0.5) is 0 Å². The van der Waals surface area contributed by atoms with Gasteiger partial charge in [0.25, 0.3) is 0 Å². The lowest BCUT2D eigenvalue weighted by Crippen LogP contribution is -1.96. The van der Waals surface area contributed by atoms with E-state index in [1.54, 1.807) is 23.9 Å². The van der Waals surface area contributed by atoms with Gasteiger partial charge in [-0.1, -0.05) is 29.8 Å². The van der Waals surface area contributed by atoms with E-state index in [4.69, 9.17) is 5.11 Å². The molecule has 0 fully saturated rings. The zero-order chi connectivity index (χ0) is 12.1. The fourth-order valence-electron chi connectivity index (χ4n) is 1.18. The number of halogens is 1. The van der Waals surface area contributed by atoms with Gasteiger partial charge in [0.2, 0.25) is 0 Å². The molecule has 1 aromatic rings. The van der Waals surface area contributed by atoms with Crippen LogP contribution in [0.3, 0.4) is 0 Å². The third-order valence-electron chi connectivity index (χ3n) is 2.08. The molecule has 0 aliphatic rings. The second-order valence-electron chi connectivity index (χ2n) is 4.01. The van der Waals surface area contributed by atoms with Gasteiger partial charge < -0.3 is 5.11 Å². The summed E-state index contributed by atoms with van der Waals surface area (Å²) in [6, 6.07) is 5.30. The topological polar surface area (TPSA) is 37.3 Å². The first-order chi connectivity index (χ1) is 7.49. The fraction of sp³-hybridized carbons (Fsp3) is 0.417. The number of carboxylic acids is 1. The van der Waals surface area contributed by atoms with Gasteiger partial charge in [-0.05, 0) is 36.3 Å². The van der Waals surface area contributed by atoms with Crippen molar-refractivity contribution in [3.05, 3.63) is 28.2 Å². The van der Waals surface area contributed by atoms with Gasteiger partial charge >= 0.3 is 5.97 Å². The average Bonchev–Trinajstić information content (AvgIpc) is 2.16. The van der Waals surface area contributed by atoms with E-state index in [0.29, 0.717) is 11.5 Å². The molecule has 0 aromatic heterocycles. The predicted molar refractivity (Wildman–Crippen MR) is 71.3 cm³/mol. The summed E-state index contributed by atoms with van der Waals surface area (Å²) in [7, 11) is 0. The molecule has 0 unspecified atom stereocenters. The third-order valence-corrected chi connectivity index (χ3v) is 3.55. The van der Waals surface area contributed by atoms with Crippen LogP contribution in [0.25, 0.3) is 0 Å². The number of rotatable bonds is 5. The van der Waals surface area contributed by atoms with Crippen molar-refractivity contribution >= 4 is 33.7 Å². The van der Waals surface area contributed by atoms with Gasteiger partial charge in [-0.15, -0.1) is 11.8 Å². The lowest BCUT2D eigenvalue weighted by atomic mass is 10.2. The first-order valence-corrected chi connectivity index (χ1v) is 6.93. The molecule has 0 aliphatic carbocycles. The lowest BCUT2D eigenvalue weighted by Gasteiger charge is -2.06. The van der Waals surface area contributed by atoms with Crippen molar-refractivity contribution in [3.63, 3.8) is 0 Å². The number of hydrogen-bond acceptors (Lipinski definition) is 2. The Bertz CT molecular complexity index is 377. The molecule has 88 valence electrons. The molecule has 2 nitrogen and oxygen atoms in total. The van der Waals surface area contributed by atoms with Crippen LogP contribution < -0.4 is 0 Å². The number of carboxylic acid groups (broad SMARTS) is 1. The Morgan fingerprint density at radius 1 is 1.44 bits per heavy atom. The molecule has 0 radical (unpaired) electrons. The summed E-state index contributed by atoms with van der Waals surface area (Å²) in [5.74, 6) is 0.818. The molecule has 1 rings (SSSR count). The van der Waals surface area contributed by atoms with Crippen molar-refractivity contribution in [1.29, 1.82) is 0 Å². The van der Waals surface area contributed by atoms with Crippen LogP contribution in [0.5, 0.6) is 0 Å². The minimum Gasteiger partial charge on any atom is -0.478 e. The van der Waals surface area contributed by atoms with Gasteiger partial charge in [-0.25, -0.2) is 4.79 Å². The summed E-state index contributed by atoms with van der Waals surface area (Å²) >= 11 is 5.03. The standard InChI is InChI=1S/C12H15BrO2S/c1-8(2)3-4-16-11-6-9(12(14)15)5-10(13)7-11/h5-8H,3-4H2,1-2H3,(H,14,15). The van der Waals surface area contributed by atoms with E-state index in [1.165, 1.54) is 0 Å². The summed E-state index contributed by atoms with van der Waals surface area (Å²) in [6.07, 6.45) is 1.14. The molecular weight excluding hydrogens is 288 g/mol. The van der Waals surface area contributed by atoms with Crippen molar-refractivity contribution in [3.8, 4) is 0 Å². The van der Waals surface area contributed by atoms with E-state index in [1.807, 2.05) is 6.07 Å². The van der Waals surface area contributed by atoms with Gasteiger partial charge in [-0.3, -0.25) is 0 Å². The van der Waals surface area contributed by atoms with Gasteiger partial charge in [0.15, 0.2) is 0 Å². The zero-order valence-electron chi connectivity index (χ0n) is 9.37. The summed E-state index contributed by atoms with van der Waals surface area (Å²) < 4.78 is 0.819. The number of carbonyl (C=O) groups is 1. The number of benzene rings is 1. The molecule has 0 atom stereocenters. The van der Waals surface area contributed by atoms with E-state index in [9.17, 15) is 4.79 Å². The van der Waals surface area contributed by atoms with Gasteiger partial charge in [0, 0.05) is 9.37 Å². The Kier molecular flexibility index (Phi) is 5.35. The molecule has 0 spiro atoms. The molecule has 0 aliphatic heterocycles. The van der Waals surface area contributed by atoms with Gasteiger partial charge in [0.1, 0.15) is 0 Å². The number of thioether (sulfide) groups is 1. The Morgan fingerprint density at radius 3 is 2.69 bits per heavy atom. The molecule has 16 heavy (non-hydrogen) atoms. The molecular formula is C12H15BrO2S. The van der Waals surface area contributed by atoms with Crippen LogP contribution in [0.2, 0.25) is 0 Å². The number of aromatic carboxylic acids is 1. The van der Waals surface area contributed by atoms with E-state index in [0.717, 1.165) is 21.5 Å². The minimum absolute atomic E-state index is 0.335. The summed E-state index contributed by atoms with van der Waals surface area (Å²) in [6.45, 7) is 4.37. The van der Waals surface area contributed by atoms with E-state index >= 15 is 0 Å². The van der Waals surface area contributed by atoms with Crippen LogP contribution in [0.1, 0.15) is 30.6 Å². The van der Waals surface area contributed by atoms with Crippen LogP contribution in [0, 0.1) is 5.92 Å². The lowest BCUT2D eigenvalue weighted by molar-refractivity contribution is 0.0696. The Hall–Kier alpha value is -0.480. The average molecular weight is 303 g/mol. The molecule has 0 saturated carbocycles. The first kappa shape index (κ1) is 13.6. The van der Waals surface area contributed by atoms with E-state index in [2.05, 4.69) is 29.8 Å². The quantitative estimate of drug-likeness (QED) is 0.825. The molecule has 0 heterocycles.